The molecule has 2 aromatic carbocycles. The van der Waals surface area contributed by atoms with Gasteiger partial charge in [0.1, 0.15) is 28.8 Å². The molecule has 1 N–H and O–H groups in total. The summed E-state index contributed by atoms with van der Waals surface area (Å²) in [6.45, 7) is 2.01. The van der Waals surface area contributed by atoms with Crippen molar-refractivity contribution in [2.75, 3.05) is 20.3 Å². The van der Waals surface area contributed by atoms with Crippen LogP contribution in [0.4, 0.5) is 9.18 Å². The van der Waals surface area contributed by atoms with Crippen molar-refractivity contribution in [3.8, 4) is 22.2 Å². The van der Waals surface area contributed by atoms with Gasteiger partial charge in [-0.1, -0.05) is 17.7 Å². The molecule has 0 spiro atoms. The molecular weight excluding hydrogens is 533 g/mol. The second-order valence-corrected chi connectivity index (χ2v) is 9.53. The molecule has 1 amide bonds. The third-order valence-corrected chi connectivity index (χ3v) is 6.84. The Morgan fingerprint density at radius 3 is 2.79 bits per heavy atom. The van der Waals surface area contributed by atoms with Crippen LogP contribution in [0.15, 0.2) is 48.8 Å². The van der Waals surface area contributed by atoms with Gasteiger partial charge >= 0.3 is 6.09 Å². The first-order valence-electron chi connectivity index (χ1n) is 11.5. The number of halogens is 2. The van der Waals surface area contributed by atoms with Crippen LogP contribution in [-0.2, 0) is 11.3 Å². The van der Waals surface area contributed by atoms with Gasteiger partial charge in [-0.05, 0) is 36.8 Å². The number of benzene rings is 2. The zero-order valence-corrected chi connectivity index (χ0v) is 21.9. The maximum absolute atomic E-state index is 15.0. The summed E-state index contributed by atoms with van der Waals surface area (Å²) in [6.07, 6.45) is 2.54. The molecular formula is C26H21ClFN5O4S. The monoisotopic (exact) mass is 553 g/mol. The first-order chi connectivity index (χ1) is 18.4. The minimum Gasteiger partial charge on any atom is -0.487 e. The lowest BCUT2D eigenvalue weighted by molar-refractivity contribution is 0.123. The van der Waals surface area contributed by atoms with Gasteiger partial charge in [0.05, 0.1) is 41.3 Å². The highest BCUT2D eigenvalue weighted by atomic mass is 35.5. The van der Waals surface area contributed by atoms with Crippen LogP contribution in [0, 0.1) is 12.7 Å². The van der Waals surface area contributed by atoms with Gasteiger partial charge in [0, 0.05) is 17.8 Å². The number of alkyl carbamates (subject to hydrolysis) is 1. The number of aromatic nitrogens is 4. The molecule has 5 aromatic rings. The molecule has 0 aliphatic carbocycles. The summed E-state index contributed by atoms with van der Waals surface area (Å²) in [4.78, 5) is 29.5. The van der Waals surface area contributed by atoms with E-state index in [-0.39, 0.29) is 30.5 Å². The second-order valence-electron chi connectivity index (χ2n) is 8.12. The van der Waals surface area contributed by atoms with Crippen LogP contribution in [0.5, 0.6) is 11.6 Å². The number of methoxy groups -OCH3 is 1. The van der Waals surface area contributed by atoms with Crippen molar-refractivity contribution in [2.45, 2.75) is 13.5 Å². The van der Waals surface area contributed by atoms with E-state index in [9.17, 15) is 9.18 Å². The number of fused-ring (bicyclic) bond motifs is 2. The van der Waals surface area contributed by atoms with Gasteiger partial charge in [-0.25, -0.2) is 24.1 Å². The van der Waals surface area contributed by atoms with Gasteiger partial charge in [0.25, 0.3) is 0 Å². The van der Waals surface area contributed by atoms with Crippen molar-refractivity contribution in [1.29, 1.82) is 0 Å². The average molecular weight is 554 g/mol. The first kappa shape index (κ1) is 25.6. The van der Waals surface area contributed by atoms with E-state index in [0.29, 0.717) is 37.8 Å². The number of hydrogen-bond donors (Lipinski definition) is 1. The third-order valence-electron chi connectivity index (χ3n) is 5.45. The number of ether oxygens (including phenoxy) is 3. The number of aryl methyl sites for hydroxylation is 1. The highest BCUT2D eigenvalue weighted by Gasteiger charge is 2.20. The number of carbonyl (C=O) groups excluding carboxylic acids is 1. The number of pyridine rings is 1. The Morgan fingerprint density at radius 2 is 2.00 bits per heavy atom. The van der Waals surface area contributed by atoms with Crippen molar-refractivity contribution in [1.82, 2.24) is 25.3 Å². The molecule has 0 fully saturated rings. The molecule has 9 nitrogen and oxygen atoms in total. The summed E-state index contributed by atoms with van der Waals surface area (Å²) < 4.78 is 31.4. The molecule has 194 valence electrons. The Labute approximate surface area is 225 Å². The maximum atomic E-state index is 15.0. The number of hydrogen-bond acceptors (Lipinski definition) is 9. The summed E-state index contributed by atoms with van der Waals surface area (Å²) >= 11 is 7.65. The van der Waals surface area contributed by atoms with E-state index in [4.69, 9.17) is 25.8 Å². The molecule has 0 atom stereocenters. The van der Waals surface area contributed by atoms with E-state index in [2.05, 4.69) is 25.3 Å². The smallest absolute Gasteiger partial charge is 0.407 e. The molecule has 0 aliphatic heterocycles. The highest BCUT2D eigenvalue weighted by Crippen LogP contribution is 2.40. The lowest BCUT2D eigenvalue weighted by Gasteiger charge is -2.10. The lowest BCUT2D eigenvalue weighted by Crippen LogP contribution is -2.26. The van der Waals surface area contributed by atoms with Gasteiger partial charge in [0.15, 0.2) is 11.6 Å². The number of amides is 1. The maximum Gasteiger partial charge on any atom is 0.407 e. The van der Waals surface area contributed by atoms with E-state index in [1.165, 1.54) is 30.7 Å². The van der Waals surface area contributed by atoms with Gasteiger partial charge < -0.3 is 19.5 Å². The van der Waals surface area contributed by atoms with Crippen molar-refractivity contribution in [3.63, 3.8) is 0 Å². The summed E-state index contributed by atoms with van der Waals surface area (Å²) in [5, 5.41) is 3.04. The third kappa shape index (κ3) is 5.43. The summed E-state index contributed by atoms with van der Waals surface area (Å²) in [5.41, 5.74) is 4.02. The molecule has 0 aliphatic rings. The lowest BCUT2D eigenvalue weighted by atomic mass is 10.1. The van der Waals surface area contributed by atoms with E-state index >= 15 is 0 Å². The van der Waals surface area contributed by atoms with Crippen molar-refractivity contribution < 1.29 is 23.4 Å². The fourth-order valence-electron chi connectivity index (χ4n) is 3.71. The van der Waals surface area contributed by atoms with Crippen LogP contribution in [0.3, 0.4) is 0 Å². The van der Waals surface area contributed by atoms with Crippen molar-refractivity contribution >= 4 is 50.3 Å². The Bertz CT molecular complexity index is 1630. The van der Waals surface area contributed by atoms with Crippen LogP contribution >= 0.6 is 22.9 Å². The van der Waals surface area contributed by atoms with Crippen molar-refractivity contribution in [3.05, 3.63) is 70.9 Å². The second kappa shape index (κ2) is 11.1. The van der Waals surface area contributed by atoms with Gasteiger partial charge in [-0.2, -0.15) is 0 Å². The molecule has 3 aromatic heterocycles. The zero-order valence-electron chi connectivity index (χ0n) is 20.3. The molecule has 12 heteroatoms. The number of nitrogens with zero attached hydrogens (tertiary/aromatic N) is 4. The largest absolute Gasteiger partial charge is 0.487 e. The fourth-order valence-corrected chi connectivity index (χ4v) is 5.03. The van der Waals surface area contributed by atoms with Gasteiger partial charge in [-0.15, -0.1) is 11.3 Å². The predicted molar refractivity (Wildman–Crippen MR) is 142 cm³/mol. The Morgan fingerprint density at radius 1 is 1.13 bits per heavy atom. The Balaban J connectivity index is 1.30. The molecule has 0 bridgehead atoms. The van der Waals surface area contributed by atoms with Crippen LogP contribution in [0.25, 0.3) is 31.8 Å². The number of nitrogens with one attached hydrogen (secondary N) is 1. The average Bonchev–Trinajstić information content (AvgIpc) is 3.36. The molecule has 0 saturated carbocycles. The Hall–Kier alpha value is -4.09. The summed E-state index contributed by atoms with van der Waals surface area (Å²) in [5.74, 6) is -0.400. The predicted octanol–water partition coefficient (Wildman–Crippen LogP) is 5.72. The Kier molecular flexibility index (Phi) is 7.47. The molecule has 3 heterocycles. The molecule has 38 heavy (non-hydrogen) atoms. The van der Waals surface area contributed by atoms with E-state index in [1.807, 2.05) is 25.1 Å². The molecule has 0 radical (unpaired) electrons. The van der Waals surface area contributed by atoms with E-state index in [0.717, 1.165) is 11.1 Å². The van der Waals surface area contributed by atoms with Crippen LogP contribution in [0.1, 0.15) is 11.3 Å². The van der Waals surface area contributed by atoms with Crippen LogP contribution in [0.2, 0.25) is 5.02 Å². The standard InChI is InChI=1S/C26H21ClFN5O4S/c1-14-9-16(23-17(10-14)32-20(35-2)13-30-23)25-33-24-19(38-25)11-18(22(28)21(24)27)36-7-8-37-26(34)31-12-15-5-3-4-6-29-15/h3-6,9-11,13H,7-8,12H2,1-2H3,(H,31,34). The van der Waals surface area contributed by atoms with E-state index < -0.39 is 11.9 Å². The molecule has 5 rings (SSSR count). The van der Waals surface area contributed by atoms with Crippen LogP contribution in [-0.4, -0.2) is 46.4 Å². The van der Waals surface area contributed by atoms with E-state index in [1.54, 1.807) is 18.3 Å². The van der Waals surface area contributed by atoms with Crippen LogP contribution < -0.4 is 14.8 Å². The normalized spacial score (nSPS) is 11.1. The zero-order chi connectivity index (χ0) is 26.6. The summed E-state index contributed by atoms with van der Waals surface area (Å²) in [7, 11) is 1.53. The first-order valence-corrected chi connectivity index (χ1v) is 12.7. The topological polar surface area (TPSA) is 108 Å². The quantitative estimate of drug-likeness (QED) is 0.243. The number of thiazole rings is 1. The number of carbonyl (C=O) groups is 1. The summed E-state index contributed by atoms with van der Waals surface area (Å²) in [6, 6.07) is 10.8. The minimum absolute atomic E-state index is 0.0613. The molecule has 0 saturated heterocycles. The SMILES string of the molecule is COc1cnc2c(-c3nc4c(Cl)c(F)c(OCCOC(=O)NCc5ccccn5)cc4s3)cc(C)cc2n1. The van der Waals surface area contributed by atoms with Gasteiger partial charge in [0.2, 0.25) is 5.88 Å². The highest BCUT2D eigenvalue weighted by molar-refractivity contribution is 7.21. The van der Waals surface area contributed by atoms with Crippen molar-refractivity contribution in [2.24, 2.45) is 0 Å². The minimum atomic E-state index is -0.741. The molecule has 0 unspecified atom stereocenters. The van der Waals surface area contributed by atoms with Gasteiger partial charge in [-0.3, -0.25) is 4.98 Å². The number of rotatable bonds is 8. The fraction of sp³-hybridized carbons (Fsp3) is 0.192.